The lowest BCUT2D eigenvalue weighted by Gasteiger charge is -2.29. The number of carboxylic acids is 1. The number of carbonyl (C=O) groups excluding carboxylic acids is 1. The average molecular weight is 480 g/mol. The number of oxazole rings is 1. The number of benzene rings is 2. The number of rotatable bonds is 7. The van der Waals surface area contributed by atoms with Gasteiger partial charge < -0.3 is 19.7 Å². The lowest BCUT2D eigenvalue weighted by Crippen LogP contribution is -2.39. The molecule has 2 heterocycles. The molecule has 0 unspecified atom stereocenters. The van der Waals surface area contributed by atoms with Gasteiger partial charge in [0.2, 0.25) is 5.91 Å². The first-order chi connectivity index (χ1) is 16.2. The molecule has 0 spiro atoms. The predicted octanol–water partition coefficient (Wildman–Crippen LogP) is 5.86. The Labute approximate surface area is 203 Å². The van der Waals surface area contributed by atoms with E-state index < -0.39 is 11.4 Å². The maximum atomic E-state index is 12.5. The van der Waals surface area contributed by atoms with E-state index in [1.165, 1.54) is 0 Å². The topological polar surface area (TPSA) is 95.7 Å². The van der Waals surface area contributed by atoms with Crippen molar-refractivity contribution in [3.8, 4) is 11.3 Å². The van der Waals surface area contributed by atoms with E-state index >= 15 is 0 Å². The molecule has 4 rings (SSSR count). The molecule has 0 aliphatic carbocycles. The van der Waals surface area contributed by atoms with E-state index in [0.717, 1.165) is 22.4 Å². The van der Waals surface area contributed by atoms with Crippen LogP contribution in [0.25, 0.3) is 16.9 Å². The van der Waals surface area contributed by atoms with Crippen LogP contribution < -0.4 is 5.32 Å². The van der Waals surface area contributed by atoms with Crippen molar-refractivity contribution in [2.24, 2.45) is 5.41 Å². The van der Waals surface area contributed by atoms with Gasteiger partial charge in [0.25, 0.3) is 6.01 Å². The van der Waals surface area contributed by atoms with Crippen molar-refractivity contribution in [2.45, 2.75) is 26.7 Å². The highest BCUT2D eigenvalue weighted by atomic mass is 35.5. The summed E-state index contributed by atoms with van der Waals surface area (Å²) in [6.07, 6.45) is 4.41. The van der Waals surface area contributed by atoms with Gasteiger partial charge in [-0.2, -0.15) is 0 Å². The molecule has 176 valence electrons. The van der Waals surface area contributed by atoms with Crippen LogP contribution in [0.3, 0.4) is 0 Å². The van der Waals surface area contributed by atoms with Crippen molar-refractivity contribution in [3.63, 3.8) is 0 Å². The van der Waals surface area contributed by atoms with E-state index in [9.17, 15) is 14.7 Å². The van der Waals surface area contributed by atoms with E-state index in [1.807, 2.05) is 42.5 Å². The molecule has 0 fully saturated rings. The van der Waals surface area contributed by atoms with Gasteiger partial charge in [-0.05, 0) is 49.6 Å². The molecule has 0 bridgehead atoms. The van der Waals surface area contributed by atoms with Gasteiger partial charge in [0.05, 0.1) is 11.6 Å². The average Bonchev–Trinajstić information content (AvgIpc) is 3.27. The smallest absolute Gasteiger partial charge is 0.309 e. The van der Waals surface area contributed by atoms with Crippen LogP contribution in [0.4, 0.5) is 11.7 Å². The lowest BCUT2D eigenvalue weighted by molar-refractivity contribution is -0.151. The number of halogens is 1. The summed E-state index contributed by atoms with van der Waals surface area (Å²) in [4.78, 5) is 29.8. The maximum Gasteiger partial charge on any atom is 0.309 e. The van der Waals surface area contributed by atoms with Gasteiger partial charge in [-0.1, -0.05) is 48.0 Å². The standard InChI is InChI=1S/C26H26ClN3O4/c1-26(2,24(32)33)15-23(31)30-12-10-18(11-13-30)17-6-8-19(9-7-17)22-16-28-25(34-22)29-21-5-3-4-20(27)14-21/h3-10,14,16H,11-13,15H2,1-2H3,(H,28,29)(H,32,33). The summed E-state index contributed by atoms with van der Waals surface area (Å²) in [7, 11) is 0. The maximum absolute atomic E-state index is 12.5. The Morgan fingerprint density at radius 3 is 2.56 bits per heavy atom. The van der Waals surface area contributed by atoms with Crippen LogP contribution >= 0.6 is 11.6 Å². The number of amides is 1. The monoisotopic (exact) mass is 479 g/mol. The summed E-state index contributed by atoms with van der Waals surface area (Å²) in [6.45, 7) is 4.20. The molecule has 8 heteroatoms. The third-order valence-electron chi connectivity index (χ3n) is 5.86. The SMILES string of the molecule is CC(C)(CC(=O)N1CC=C(c2ccc(-c3cnc(Nc4cccc(Cl)c4)o3)cc2)CC1)C(=O)O. The van der Waals surface area contributed by atoms with Crippen molar-refractivity contribution in [1.82, 2.24) is 9.88 Å². The van der Waals surface area contributed by atoms with Gasteiger partial charge >= 0.3 is 5.97 Å². The number of anilines is 2. The second-order valence-electron chi connectivity index (χ2n) is 8.93. The van der Waals surface area contributed by atoms with Crippen LogP contribution in [-0.2, 0) is 9.59 Å². The zero-order valence-electron chi connectivity index (χ0n) is 19.0. The minimum Gasteiger partial charge on any atom is -0.481 e. The van der Waals surface area contributed by atoms with Gasteiger partial charge in [0.15, 0.2) is 5.76 Å². The summed E-state index contributed by atoms with van der Waals surface area (Å²) in [6, 6.07) is 15.7. The Balaban J connectivity index is 1.38. The van der Waals surface area contributed by atoms with Gasteiger partial charge in [0, 0.05) is 35.8 Å². The second kappa shape index (κ2) is 9.73. The van der Waals surface area contributed by atoms with E-state index in [0.29, 0.717) is 36.3 Å². The predicted molar refractivity (Wildman–Crippen MR) is 132 cm³/mol. The molecular formula is C26H26ClN3O4. The highest BCUT2D eigenvalue weighted by Gasteiger charge is 2.32. The highest BCUT2D eigenvalue weighted by molar-refractivity contribution is 6.30. The van der Waals surface area contributed by atoms with E-state index in [-0.39, 0.29) is 12.3 Å². The fourth-order valence-electron chi connectivity index (χ4n) is 3.73. The largest absolute Gasteiger partial charge is 0.481 e. The molecule has 1 aliphatic rings. The van der Waals surface area contributed by atoms with Crippen LogP contribution in [0.5, 0.6) is 0 Å². The van der Waals surface area contributed by atoms with E-state index in [2.05, 4.69) is 10.3 Å². The number of hydrogen-bond acceptors (Lipinski definition) is 5. The third-order valence-corrected chi connectivity index (χ3v) is 6.09. The third kappa shape index (κ3) is 5.48. The van der Waals surface area contributed by atoms with Crippen LogP contribution in [0, 0.1) is 5.41 Å². The van der Waals surface area contributed by atoms with E-state index in [4.69, 9.17) is 16.0 Å². The first-order valence-electron chi connectivity index (χ1n) is 11.0. The highest BCUT2D eigenvalue weighted by Crippen LogP contribution is 2.29. The van der Waals surface area contributed by atoms with Crippen molar-refractivity contribution in [3.05, 3.63) is 71.4 Å². The fourth-order valence-corrected chi connectivity index (χ4v) is 3.92. The molecular weight excluding hydrogens is 454 g/mol. The first-order valence-corrected chi connectivity index (χ1v) is 11.4. The number of aliphatic carboxylic acids is 1. The normalized spacial score (nSPS) is 14.0. The molecule has 34 heavy (non-hydrogen) atoms. The molecule has 1 amide bonds. The Morgan fingerprint density at radius 2 is 1.91 bits per heavy atom. The van der Waals surface area contributed by atoms with Gasteiger partial charge in [-0.25, -0.2) is 4.98 Å². The van der Waals surface area contributed by atoms with Crippen molar-refractivity contribution < 1.29 is 19.1 Å². The number of aromatic nitrogens is 1. The van der Waals surface area contributed by atoms with Crippen molar-refractivity contribution >= 4 is 40.8 Å². The number of hydrogen-bond donors (Lipinski definition) is 2. The summed E-state index contributed by atoms with van der Waals surface area (Å²) in [5, 5.41) is 13.0. The second-order valence-corrected chi connectivity index (χ2v) is 9.36. The summed E-state index contributed by atoms with van der Waals surface area (Å²) < 4.78 is 5.83. The molecule has 2 aromatic carbocycles. The Kier molecular flexibility index (Phi) is 6.75. The molecule has 2 N–H and O–H groups in total. The lowest BCUT2D eigenvalue weighted by atomic mass is 9.88. The van der Waals surface area contributed by atoms with Gasteiger partial charge in [-0.3, -0.25) is 9.59 Å². The quantitative estimate of drug-likeness (QED) is 0.441. The number of carboxylic acid groups (broad SMARTS) is 1. The molecule has 0 atom stereocenters. The zero-order chi connectivity index (χ0) is 24.3. The molecule has 0 saturated heterocycles. The van der Waals surface area contributed by atoms with Crippen molar-refractivity contribution in [2.75, 3.05) is 18.4 Å². The molecule has 1 aromatic heterocycles. The Hall–Kier alpha value is -3.58. The minimum absolute atomic E-state index is 0.00839. The molecule has 7 nitrogen and oxygen atoms in total. The number of carbonyl (C=O) groups is 2. The van der Waals surface area contributed by atoms with Crippen LogP contribution in [-0.4, -0.2) is 40.0 Å². The van der Waals surface area contributed by atoms with E-state index in [1.54, 1.807) is 37.1 Å². The Morgan fingerprint density at radius 1 is 1.18 bits per heavy atom. The minimum atomic E-state index is -1.07. The van der Waals surface area contributed by atoms with Gasteiger partial charge in [0.1, 0.15) is 0 Å². The number of nitrogens with one attached hydrogen (secondary N) is 1. The summed E-state index contributed by atoms with van der Waals surface area (Å²) >= 11 is 6.01. The van der Waals surface area contributed by atoms with Crippen LogP contribution in [0.1, 0.15) is 32.3 Å². The Bertz CT molecular complexity index is 1230. The van der Waals surface area contributed by atoms with Crippen molar-refractivity contribution in [1.29, 1.82) is 0 Å². The molecule has 0 saturated carbocycles. The molecule has 3 aromatic rings. The van der Waals surface area contributed by atoms with Crippen LogP contribution in [0.2, 0.25) is 5.02 Å². The summed E-state index contributed by atoms with van der Waals surface area (Å²) in [5.41, 5.74) is 2.87. The van der Waals surface area contributed by atoms with Gasteiger partial charge in [-0.15, -0.1) is 0 Å². The zero-order valence-corrected chi connectivity index (χ0v) is 19.8. The fraction of sp³-hybridized carbons (Fsp3) is 0.269. The molecule has 0 radical (unpaired) electrons. The summed E-state index contributed by atoms with van der Waals surface area (Å²) in [5.74, 6) is -0.453. The van der Waals surface area contributed by atoms with Crippen LogP contribution in [0.15, 0.2) is 65.2 Å². The first kappa shape index (κ1) is 23.6. The molecule has 1 aliphatic heterocycles. The number of nitrogens with zero attached hydrogens (tertiary/aromatic N) is 2.